The first-order valence-electron chi connectivity index (χ1n) is 5.96. The molecule has 0 spiro atoms. The summed E-state index contributed by atoms with van der Waals surface area (Å²) in [5.74, 6) is 1.46. The zero-order chi connectivity index (χ0) is 12.4. The van der Waals surface area contributed by atoms with E-state index in [1.165, 1.54) is 0 Å². The summed E-state index contributed by atoms with van der Waals surface area (Å²) in [6, 6.07) is 7.63. The summed E-state index contributed by atoms with van der Waals surface area (Å²) in [6.07, 6.45) is -0.572. The molecule has 3 nitrogen and oxygen atoms in total. The van der Waals surface area contributed by atoms with Gasteiger partial charge < -0.3 is 14.3 Å². The van der Waals surface area contributed by atoms with Crippen molar-refractivity contribution in [1.29, 1.82) is 0 Å². The van der Waals surface area contributed by atoms with Gasteiger partial charge in [0.15, 0.2) is 11.3 Å². The van der Waals surface area contributed by atoms with Crippen molar-refractivity contribution in [2.75, 3.05) is 6.61 Å². The second kappa shape index (κ2) is 4.80. The molecule has 0 saturated heterocycles. The van der Waals surface area contributed by atoms with Crippen LogP contribution in [-0.2, 0) is 0 Å². The lowest BCUT2D eigenvalue weighted by atomic mass is 10.1. The van der Waals surface area contributed by atoms with Gasteiger partial charge in [-0.15, -0.1) is 0 Å². The van der Waals surface area contributed by atoms with E-state index < -0.39 is 6.10 Å². The summed E-state index contributed by atoms with van der Waals surface area (Å²) >= 11 is 0. The lowest BCUT2D eigenvalue weighted by molar-refractivity contribution is 0.104. The van der Waals surface area contributed by atoms with Gasteiger partial charge in [-0.1, -0.05) is 26.0 Å². The van der Waals surface area contributed by atoms with E-state index in [2.05, 4.69) is 0 Å². The zero-order valence-corrected chi connectivity index (χ0v) is 10.4. The lowest BCUT2D eigenvalue weighted by Gasteiger charge is -2.10. The highest BCUT2D eigenvalue weighted by atomic mass is 16.5. The zero-order valence-electron chi connectivity index (χ0n) is 10.4. The van der Waals surface area contributed by atoms with Crippen LogP contribution >= 0.6 is 0 Å². The Labute approximate surface area is 101 Å². The lowest BCUT2D eigenvalue weighted by Crippen LogP contribution is -2.03. The third-order valence-electron chi connectivity index (χ3n) is 2.75. The Morgan fingerprint density at radius 1 is 1.35 bits per heavy atom. The number of hydrogen-bond donors (Lipinski definition) is 1. The molecule has 1 heterocycles. The summed E-state index contributed by atoms with van der Waals surface area (Å²) in [4.78, 5) is 0. The number of ether oxygens (including phenoxy) is 1. The van der Waals surface area contributed by atoms with Crippen molar-refractivity contribution in [2.24, 2.45) is 5.92 Å². The molecule has 2 rings (SSSR count). The van der Waals surface area contributed by atoms with Gasteiger partial charge in [0.2, 0.25) is 0 Å². The molecule has 1 aromatic heterocycles. The van der Waals surface area contributed by atoms with Crippen molar-refractivity contribution in [3.8, 4) is 5.75 Å². The predicted molar refractivity (Wildman–Crippen MR) is 67.2 cm³/mol. The molecular formula is C14H18O3. The molecule has 0 bridgehead atoms. The third kappa shape index (κ3) is 2.29. The Kier molecular flexibility index (Phi) is 3.38. The maximum absolute atomic E-state index is 9.99. The van der Waals surface area contributed by atoms with Gasteiger partial charge in [0.1, 0.15) is 11.9 Å². The second-order valence-electron chi connectivity index (χ2n) is 4.45. The Morgan fingerprint density at radius 2 is 2.12 bits per heavy atom. The normalized spacial score (nSPS) is 13.2. The van der Waals surface area contributed by atoms with Crippen LogP contribution in [0.3, 0.4) is 0 Å². The van der Waals surface area contributed by atoms with Crippen molar-refractivity contribution < 1.29 is 14.3 Å². The highest BCUT2D eigenvalue weighted by Crippen LogP contribution is 2.33. The van der Waals surface area contributed by atoms with Crippen molar-refractivity contribution >= 4 is 11.0 Å². The van der Waals surface area contributed by atoms with Crippen LogP contribution in [0.1, 0.15) is 32.6 Å². The van der Waals surface area contributed by atoms with Crippen LogP contribution in [0.25, 0.3) is 11.0 Å². The molecule has 1 aromatic carbocycles. The van der Waals surface area contributed by atoms with Gasteiger partial charge in [-0.25, -0.2) is 0 Å². The molecule has 0 aliphatic heterocycles. The molecule has 0 aliphatic rings. The molecule has 0 saturated carbocycles. The fourth-order valence-corrected chi connectivity index (χ4v) is 1.80. The molecular weight excluding hydrogens is 216 g/mol. The van der Waals surface area contributed by atoms with Gasteiger partial charge >= 0.3 is 0 Å². The van der Waals surface area contributed by atoms with E-state index in [4.69, 9.17) is 9.15 Å². The highest BCUT2D eigenvalue weighted by molar-refractivity contribution is 5.83. The molecule has 1 atom stereocenters. The van der Waals surface area contributed by atoms with Gasteiger partial charge in [-0.05, 0) is 25.0 Å². The SMILES string of the molecule is CCOc1cccc2cc(C(O)C(C)C)oc12. The average molecular weight is 234 g/mol. The summed E-state index contributed by atoms with van der Waals surface area (Å²) in [7, 11) is 0. The van der Waals surface area contributed by atoms with Crippen LogP contribution in [0.4, 0.5) is 0 Å². The Bertz CT molecular complexity index is 499. The van der Waals surface area contributed by atoms with Crippen molar-refractivity contribution in [3.05, 3.63) is 30.0 Å². The fraction of sp³-hybridized carbons (Fsp3) is 0.429. The summed E-state index contributed by atoms with van der Waals surface area (Å²) < 4.78 is 11.2. The van der Waals surface area contributed by atoms with Crippen molar-refractivity contribution in [3.63, 3.8) is 0 Å². The summed E-state index contributed by atoms with van der Waals surface area (Å²) in [5, 5.41) is 10.9. The fourth-order valence-electron chi connectivity index (χ4n) is 1.80. The minimum atomic E-state index is -0.572. The number of hydrogen-bond acceptors (Lipinski definition) is 3. The molecule has 0 amide bonds. The van der Waals surface area contributed by atoms with Crippen LogP contribution < -0.4 is 4.74 Å². The summed E-state index contributed by atoms with van der Waals surface area (Å²) in [5.41, 5.74) is 0.712. The van der Waals surface area contributed by atoms with E-state index in [-0.39, 0.29) is 5.92 Å². The minimum Gasteiger partial charge on any atom is -0.490 e. The highest BCUT2D eigenvalue weighted by Gasteiger charge is 2.18. The standard InChI is InChI=1S/C14H18O3/c1-4-16-11-7-5-6-10-8-12(17-14(10)11)13(15)9(2)3/h5-9,13,15H,4H2,1-3H3. The Hall–Kier alpha value is -1.48. The molecule has 0 radical (unpaired) electrons. The van der Waals surface area contributed by atoms with Gasteiger partial charge in [0.25, 0.3) is 0 Å². The molecule has 2 aromatic rings. The van der Waals surface area contributed by atoms with E-state index in [9.17, 15) is 5.11 Å². The Balaban J connectivity index is 2.46. The van der Waals surface area contributed by atoms with Gasteiger partial charge in [0.05, 0.1) is 6.61 Å². The van der Waals surface area contributed by atoms with Crippen LogP contribution in [-0.4, -0.2) is 11.7 Å². The molecule has 0 fully saturated rings. The number of aliphatic hydroxyl groups excluding tert-OH is 1. The number of furan rings is 1. The number of benzene rings is 1. The first kappa shape index (κ1) is 12.0. The van der Waals surface area contributed by atoms with Gasteiger partial charge in [-0.3, -0.25) is 0 Å². The average Bonchev–Trinajstić information content (AvgIpc) is 2.73. The maximum atomic E-state index is 9.99. The minimum absolute atomic E-state index is 0.131. The maximum Gasteiger partial charge on any atom is 0.176 e. The van der Waals surface area contributed by atoms with Crippen molar-refractivity contribution in [2.45, 2.75) is 26.9 Å². The second-order valence-corrected chi connectivity index (χ2v) is 4.45. The van der Waals surface area contributed by atoms with Crippen LogP contribution in [0.15, 0.2) is 28.7 Å². The largest absolute Gasteiger partial charge is 0.490 e. The van der Waals surface area contributed by atoms with Crippen LogP contribution in [0.2, 0.25) is 0 Å². The Morgan fingerprint density at radius 3 is 2.76 bits per heavy atom. The third-order valence-corrected chi connectivity index (χ3v) is 2.75. The molecule has 3 heteroatoms. The first-order valence-corrected chi connectivity index (χ1v) is 5.96. The monoisotopic (exact) mass is 234 g/mol. The predicted octanol–water partition coefficient (Wildman–Crippen LogP) is 3.52. The molecule has 92 valence electrons. The summed E-state index contributed by atoms with van der Waals surface area (Å²) in [6.45, 7) is 6.45. The molecule has 17 heavy (non-hydrogen) atoms. The van der Waals surface area contributed by atoms with Crippen LogP contribution in [0.5, 0.6) is 5.75 Å². The topological polar surface area (TPSA) is 42.6 Å². The van der Waals surface area contributed by atoms with E-state index >= 15 is 0 Å². The number of aliphatic hydroxyl groups is 1. The van der Waals surface area contributed by atoms with Gasteiger partial charge in [-0.2, -0.15) is 0 Å². The molecule has 1 unspecified atom stereocenters. The van der Waals surface area contributed by atoms with E-state index in [0.717, 1.165) is 11.1 Å². The van der Waals surface area contributed by atoms with Crippen LogP contribution in [0, 0.1) is 5.92 Å². The molecule has 1 N–H and O–H groups in total. The van der Waals surface area contributed by atoms with Gasteiger partial charge in [0, 0.05) is 5.39 Å². The number of rotatable bonds is 4. The smallest absolute Gasteiger partial charge is 0.176 e. The quantitative estimate of drug-likeness (QED) is 0.880. The number of fused-ring (bicyclic) bond motifs is 1. The van der Waals surface area contributed by atoms with E-state index in [0.29, 0.717) is 18.0 Å². The van der Waals surface area contributed by atoms with E-state index in [1.807, 2.05) is 45.0 Å². The first-order chi connectivity index (χ1) is 8.13. The van der Waals surface area contributed by atoms with E-state index in [1.54, 1.807) is 0 Å². The molecule has 0 aliphatic carbocycles. The number of para-hydroxylation sites is 1. The van der Waals surface area contributed by atoms with Crippen molar-refractivity contribution in [1.82, 2.24) is 0 Å².